The molecule has 0 fully saturated rings. The molecule has 2 aromatic rings. The Bertz CT molecular complexity index is 1030. The summed E-state index contributed by atoms with van der Waals surface area (Å²) in [4.78, 5) is 9.43. The van der Waals surface area contributed by atoms with Crippen LogP contribution >= 0.6 is 0 Å². The molecule has 7 nitrogen and oxygen atoms in total. The standard InChI is InChI=1S/C15H10F6N2O5S/c16-14(17,18)13(24,15(19,20)21)9-6-4-8(5-7-9)12-10(23(25)26)2-1-3-11(12)29(22,27)28/h1-7,24H,(H2,22,27,28). The Morgan fingerprint density at radius 3 is 1.79 bits per heavy atom. The molecule has 0 heterocycles. The van der Waals surface area contributed by atoms with Crippen LogP contribution in [0.25, 0.3) is 11.1 Å². The smallest absolute Gasteiger partial charge is 0.369 e. The number of aliphatic hydroxyl groups is 1. The van der Waals surface area contributed by atoms with Gasteiger partial charge in [0.2, 0.25) is 10.0 Å². The lowest BCUT2D eigenvalue weighted by Gasteiger charge is -2.32. The SMILES string of the molecule is NS(=O)(=O)c1cccc([N+](=O)[O-])c1-c1ccc(C(O)(C(F)(F)F)C(F)(F)F)cc1. The fraction of sp³-hybridized carbons (Fsp3) is 0.200. The van der Waals surface area contributed by atoms with Crippen molar-refractivity contribution in [2.75, 3.05) is 0 Å². The summed E-state index contributed by atoms with van der Waals surface area (Å²) in [5.74, 6) is 0. The number of nitrogens with zero attached hydrogens (tertiary/aromatic N) is 1. The predicted octanol–water partition coefficient (Wildman–Crippen LogP) is 3.22. The number of primary sulfonamides is 1. The highest BCUT2D eigenvalue weighted by molar-refractivity contribution is 7.89. The molecule has 29 heavy (non-hydrogen) atoms. The zero-order valence-electron chi connectivity index (χ0n) is 13.8. The van der Waals surface area contributed by atoms with Crippen LogP contribution in [0.1, 0.15) is 5.56 Å². The molecule has 0 saturated carbocycles. The molecule has 3 N–H and O–H groups in total. The minimum atomic E-state index is -6.13. The topological polar surface area (TPSA) is 124 Å². The van der Waals surface area contributed by atoms with Crippen molar-refractivity contribution in [2.24, 2.45) is 5.14 Å². The van der Waals surface area contributed by atoms with Gasteiger partial charge in [0.05, 0.1) is 15.4 Å². The number of hydrogen-bond donors (Lipinski definition) is 2. The molecule has 0 aliphatic carbocycles. The van der Waals surface area contributed by atoms with Crippen molar-refractivity contribution >= 4 is 15.7 Å². The molecule has 0 aromatic heterocycles. The number of sulfonamides is 1. The normalized spacial score (nSPS) is 13.4. The van der Waals surface area contributed by atoms with E-state index in [0.29, 0.717) is 12.1 Å². The lowest BCUT2D eigenvalue weighted by molar-refractivity contribution is -0.384. The maximum atomic E-state index is 12.9. The first-order valence-corrected chi connectivity index (χ1v) is 8.83. The van der Waals surface area contributed by atoms with Gasteiger partial charge in [0.25, 0.3) is 11.3 Å². The second-order valence-corrected chi connectivity index (χ2v) is 7.27. The summed E-state index contributed by atoms with van der Waals surface area (Å²) >= 11 is 0. The van der Waals surface area contributed by atoms with E-state index in [9.17, 15) is 50.0 Å². The summed E-state index contributed by atoms with van der Waals surface area (Å²) in [6, 6.07) is 4.37. The molecule has 0 aliphatic heterocycles. The molecular weight excluding hydrogens is 434 g/mol. The minimum absolute atomic E-state index is 0.236. The van der Waals surface area contributed by atoms with E-state index in [1.807, 2.05) is 0 Å². The third-order valence-corrected chi connectivity index (χ3v) is 4.87. The molecule has 0 atom stereocenters. The van der Waals surface area contributed by atoms with Gasteiger partial charge in [0.15, 0.2) is 0 Å². The summed E-state index contributed by atoms with van der Waals surface area (Å²) in [5, 5.41) is 25.6. The van der Waals surface area contributed by atoms with E-state index in [1.165, 1.54) is 0 Å². The molecule has 2 rings (SSSR count). The van der Waals surface area contributed by atoms with Crippen molar-refractivity contribution in [3.63, 3.8) is 0 Å². The van der Waals surface area contributed by atoms with Crippen molar-refractivity contribution < 1.29 is 44.8 Å². The van der Waals surface area contributed by atoms with E-state index in [0.717, 1.165) is 18.2 Å². The summed E-state index contributed by atoms with van der Waals surface area (Å²) in [6.07, 6.45) is -12.3. The molecule has 0 radical (unpaired) electrons. The Balaban J connectivity index is 2.76. The third kappa shape index (κ3) is 3.90. The van der Waals surface area contributed by atoms with Crippen molar-refractivity contribution in [1.29, 1.82) is 0 Å². The average Bonchev–Trinajstić information content (AvgIpc) is 2.57. The van der Waals surface area contributed by atoms with Crippen LogP contribution in [0, 0.1) is 10.1 Å². The second kappa shape index (κ2) is 6.96. The Kier molecular flexibility index (Phi) is 5.42. The van der Waals surface area contributed by atoms with Crippen LogP contribution in [0.15, 0.2) is 47.4 Å². The van der Waals surface area contributed by atoms with Crippen molar-refractivity contribution in [3.05, 3.63) is 58.1 Å². The van der Waals surface area contributed by atoms with Gasteiger partial charge in [-0.1, -0.05) is 30.3 Å². The van der Waals surface area contributed by atoms with Gasteiger partial charge in [-0.15, -0.1) is 0 Å². The van der Waals surface area contributed by atoms with Crippen LogP contribution in [0.2, 0.25) is 0 Å². The first kappa shape index (κ1) is 22.6. The highest BCUT2D eigenvalue weighted by atomic mass is 32.2. The largest absolute Gasteiger partial charge is 0.430 e. The van der Waals surface area contributed by atoms with E-state index < -0.39 is 60.2 Å². The fourth-order valence-electron chi connectivity index (χ4n) is 2.57. The number of alkyl halides is 6. The number of nitrogens with two attached hydrogens (primary N) is 1. The van der Waals surface area contributed by atoms with Gasteiger partial charge in [-0.05, 0) is 11.6 Å². The predicted molar refractivity (Wildman–Crippen MR) is 85.9 cm³/mol. The number of halogens is 6. The van der Waals surface area contributed by atoms with E-state index in [-0.39, 0.29) is 12.1 Å². The zero-order valence-corrected chi connectivity index (χ0v) is 14.6. The van der Waals surface area contributed by atoms with Gasteiger partial charge in [0.1, 0.15) is 0 Å². The van der Waals surface area contributed by atoms with Crippen molar-refractivity contribution in [2.45, 2.75) is 22.8 Å². The number of hydrogen-bond acceptors (Lipinski definition) is 5. The highest BCUT2D eigenvalue weighted by Gasteiger charge is 2.71. The van der Waals surface area contributed by atoms with Crippen LogP contribution in [0.4, 0.5) is 32.0 Å². The van der Waals surface area contributed by atoms with Gasteiger partial charge >= 0.3 is 12.4 Å². The molecule has 0 amide bonds. The maximum absolute atomic E-state index is 12.9. The Morgan fingerprint density at radius 2 is 1.41 bits per heavy atom. The van der Waals surface area contributed by atoms with Crippen LogP contribution < -0.4 is 5.14 Å². The lowest BCUT2D eigenvalue weighted by Crippen LogP contribution is -2.53. The van der Waals surface area contributed by atoms with Gasteiger partial charge < -0.3 is 5.11 Å². The van der Waals surface area contributed by atoms with E-state index in [1.54, 1.807) is 0 Å². The van der Waals surface area contributed by atoms with Crippen LogP contribution in [0.3, 0.4) is 0 Å². The first-order valence-electron chi connectivity index (χ1n) is 7.28. The molecule has 158 valence electrons. The monoisotopic (exact) mass is 444 g/mol. The summed E-state index contributed by atoms with van der Waals surface area (Å²) in [6.45, 7) is 0. The number of benzene rings is 2. The second-order valence-electron chi connectivity index (χ2n) is 5.74. The molecule has 0 aliphatic rings. The third-order valence-electron chi connectivity index (χ3n) is 3.92. The van der Waals surface area contributed by atoms with E-state index in [4.69, 9.17) is 5.14 Å². The Hall–Kier alpha value is -2.71. The summed E-state index contributed by atoms with van der Waals surface area (Å²) < 4.78 is 101. The maximum Gasteiger partial charge on any atom is 0.430 e. The fourth-order valence-corrected chi connectivity index (χ4v) is 3.34. The summed E-state index contributed by atoms with van der Waals surface area (Å²) in [5.41, 5.74) is -8.65. The van der Waals surface area contributed by atoms with Crippen molar-refractivity contribution in [3.8, 4) is 11.1 Å². The average molecular weight is 444 g/mol. The van der Waals surface area contributed by atoms with E-state index in [2.05, 4.69) is 0 Å². The molecular formula is C15H10F6N2O5S. The molecule has 0 unspecified atom stereocenters. The number of nitro benzene ring substituents is 1. The van der Waals surface area contributed by atoms with Gasteiger partial charge in [0, 0.05) is 11.6 Å². The summed E-state index contributed by atoms with van der Waals surface area (Å²) in [7, 11) is -4.54. The van der Waals surface area contributed by atoms with Gasteiger partial charge in [-0.3, -0.25) is 10.1 Å². The first-order chi connectivity index (χ1) is 13.0. The Morgan fingerprint density at radius 1 is 0.931 bits per heavy atom. The van der Waals surface area contributed by atoms with E-state index >= 15 is 0 Å². The highest BCUT2D eigenvalue weighted by Crippen LogP contribution is 2.50. The molecule has 2 aromatic carbocycles. The van der Waals surface area contributed by atoms with Crippen molar-refractivity contribution in [1.82, 2.24) is 0 Å². The number of nitro groups is 1. The number of rotatable bonds is 4. The zero-order chi connectivity index (χ0) is 22.4. The quantitative estimate of drug-likeness (QED) is 0.426. The molecule has 0 spiro atoms. The van der Waals surface area contributed by atoms with Gasteiger partial charge in [-0.2, -0.15) is 26.3 Å². The Labute approximate surface area is 158 Å². The van der Waals surface area contributed by atoms with Crippen LogP contribution in [-0.2, 0) is 15.6 Å². The van der Waals surface area contributed by atoms with Crippen LogP contribution in [0.5, 0.6) is 0 Å². The molecule has 0 saturated heterocycles. The lowest BCUT2D eigenvalue weighted by atomic mass is 9.90. The van der Waals surface area contributed by atoms with Gasteiger partial charge in [-0.25, -0.2) is 13.6 Å². The minimum Gasteiger partial charge on any atom is -0.369 e. The van der Waals surface area contributed by atoms with Crippen LogP contribution in [-0.4, -0.2) is 30.8 Å². The molecule has 14 heteroatoms. The molecule has 0 bridgehead atoms.